The summed E-state index contributed by atoms with van der Waals surface area (Å²) in [7, 11) is 0. The quantitative estimate of drug-likeness (QED) is 0.780. The number of amides is 4. The number of imide groups is 1. The molecule has 0 radical (unpaired) electrons. The molecule has 0 aliphatic carbocycles. The first-order valence-corrected chi connectivity index (χ1v) is 6.14. The lowest BCUT2D eigenvalue weighted by Gasteiger charge is -2.11. The number of alkyl carbamates (subject to hydrolysis) is 1. The number of cyclic esters (lactones) is 1. The molecule has 1 heterocycles. The zero-order valence-electron chi connectivity index (χ0n) is 11.1. The van der Waals surface area contributed by atoms with Crippen LogP contribution in [0.15, 0.2) is 24.3 Å². The van der Waals surface area contributed by atoms with Crippen LogP contribution in [0.5, 0.6) is 0 Å². The molecule has 1 unspecified atom stereocenters. The van der Waals surface area contributed by atoms with Crippen molar-refractivity contribution in [3.8, 4) is 0 Å². The highest BCUT2D eigenvalue weighted by molar-refractivity contribution is 6.00. The Bertz CT molecular complexity index is 539. The molecule has 0 spiro atoms. The Labute approximate surface area is 115 Å². The predicted octanol–water partition coefficient (Wildman–Crippen LogP) is 1.52. The Morgan fingerprint density at radius 2 is 1.90 bits per heavy atom. The summed E-state index contributed by atoms with van der Waals surface area (Å²) >= 11 is 0. The third kappa shape index (κ3) is 3.25. The molecular weight excluding hydrogens is 262 g/mol. The van der Waals surface area contributed by atoms with Crippen molar-refractivity contribution in [2.24, 2.45) is 0 Å². The van der Waals surface area contributed by atoms with Crippen molar-refractivity contribution < 1.29 is 19.1 Å². The van der Waals surface area contributed by atoms with Gasteiger partial charge in [-0.05, 0) is 26.0 Å². The van der Waals surface area contributed by atoms with E-state index in [2.05, 4.69) is 16.0 Å². The predicted molar refractivity (Wildman–Crippen MR) is 71.1 cm³/mol. The first-order chi connectivity index (χ1) is 9.45. The summed E-state index contributed by atoms with van der Waals surface area (Å²) in [6, 6.07) is 6.24. The molecule has 7 heteroatoms. The Hall–Kier alpha value is -2.57. The van der Waals surface area contributed by atoms with Crippen molar-refractivity contribution in [2.45, 2.75) is 26.0 Å². The zero-order valence-corrected chi connectivity index (χ0v) is 11.1. The molecule has 20 heavy (non-hydrogen) atoms. The van der Waals surface area contributed by atoms with E-state index in [1.54, 1.807) is 24.3 Å². The first-order valence-electron chi connectivity index (χ1n) is 6.14. The summed E-state index contributed by atoms with van der Waals surface area (Å²) < 4.78 is 4.83. The van der Waals surface area contributed by atoms with Gasteiger partial charge in [-0.2, -0.15) is 0 Å². The molecule has 1 atom stereocenters. The first kappa shape index (κ1) is 13.9. The highest BCUT2D eigenvalue weighted by atomic mass is 16.6. The van der Waals surface area contributed by atoms with Gasteiger partial charge in [-0.25, -0.2) is 9.59 Å². The normalized spacial score (nSPS) is 17.6. The number of nitrogens with one attached hydrogen (secondary N) is 3. The van der Waals surface area contributed by atoms with Gasteiger partial charge < -0.3 is 15.4 Å². The van der Waals surface area contributed by atoms with Crippen LogP contribution in [-0.2, 0) is 9.53 Å². The largest absolute Gasteiger partial charge is 0.431 e. The molecule has 1 aromatic rings. The average molecular weight is 277 g/mol. The molecule has 0 saturated carbocycles. The smallest absolute Gasteiger partial charge is 0.415 e. The van der Waals surface area contributed by atoms with Crippen molar-refractivity contribution in [1.82, 2.24) is 10.6 Å². The summed E-state index contributed by atoms with van der Waals surface area (Å²) in [5.41, 5.74) is 1.12. The van der Waals surface area contributed by atoms with E-state index >= 15 is 0 Å². The van der Waals surface area contributed by atoms with Crippen LogP contribution in [0.25, 0.3) is 0 Å². The molecule has 7 nitrogen and oxygen atoms in total. The van der Waals surface area contributed by atoms with Crippen LogP contribution in [0.2, 0.25) is 0 Å². The van der Waals surface area contributed by atoms with Gasteiger partial charge in [-0.3, -0.25) is 10.1 Å². The van der Waals surface area contributed by atoms with Crippen molar-refractivity contribution in [3.05, 3.63) is 29.8 Å². The molecule has 3 N–H and O–H groups in total. The topological polar surface area (TPSA) is 96.5 Å². The van der Waals surface area contributed by atoms with E-state index in [0.717, 1.165) is 0 Å². The number of ether oxygens (including phenoxy) is 1. The van der Waals surface area contributed by atoms with Gasteiger partial charge in [0.05, 0.1) is 0 Å². The minimum Gasteiger partial charge on any atom is -0.431 e. The second-order valence-corrected chi connectivity index (χ2v) is 4.65. The number of hydrogen-bond acceptors (Lipinski definition) is 4. The number of anilines is 1. The van der Waals surface area contributed by atoms with Crippen LogP contribution < -0.4 is 16.0 Å². The molecule has 2 rings (SSSR count). The maximum absolute atomic E-state index is 11.5. The summed E-state index contributed by atoms with van der Waals surface area (Å²) in [5, 5.41) is 7.40. The molecule has 0 bridgehead atoms. The highest BCUT2D eigenvalue weighted by Gasteiger charge is 2.33. The number of carbonyl (C=O) groups excluding carboxylic acids is 3. The van der Waals surface area contributed by atoms with Crippen LogP contribution >= 0.6 is 0 Å². The molecule has 106 valence electrons. The Balaban J connectivity index is 2.01. The third-order valence-corrected chi connectivity index (χ3v) is 2.58. The molecule has 1 aliphatic rings. The second-order valence-electron chi connectivity index (χ2n) is 4.65. The fourth-order valence-electron chi connectivity index (χ4n) is 1.75. The maximum atomic E-state index is 11.5. The Morgan fingerprint density at radius 3 is 2.40 bits per heavy atom. The summed E-state index contributed by atoms with van der Waals surface area (Å²) in [6.45, 7) is 3.71. The standard InChI is InChI=1S/C13H15N3O4/c1-7(2)14-12(18)15-9-5-3-8(4-6-9)10-11(17)16-13(19)20-10/h3-7,10H,1-2H3,(H2,14,15,18)(H,16,17,19). The molecule has 0 aromatic heterocycles. The fourth-order valence-corrected chi connectivity index (χ4v) is 1.75. The van der Waals surface area contributed by atoms with E-state index < -0.39 is 18.1 Å². The summed E-state index contributed by atoms with van der Waals surface area (Å²) in [4.78, 5) is 33.9. The maximum Gasteiger partial charge on any atom is 0.415 e. The minimum atomic E-state index is -0.930. The van der Waals surface area contributed by atoms with Crippen LogP contribution in [-0.4, -0.2) is 24.1 Å². The molecular formula is C13H15N3O4. The van der Waals surface area contributed by atoms with Crippen molar-refractivity contribution >= 4 is 23.7 Å². The van der Waals surface area contributed by atoms with Crippen LogP contribution in [0.1, 0.15) is 25.5 Å². The van der Waals surface area contributed by atoms with Gasteiger partial charge in [0.25, 0.3) is 5.91 Å². The molecule has 1 aromatic carbocycles. The zero-order chi connectivity index (χ0) is 14.7. The number of benzene rings is 1. The number of hydrogen-bond donors (Lipinski definition) is 3. The average Bonchev–Trinajstić information content (AvgIpc) is 2.68. The van der Waals surface area contributed by atoms with Gasteiger partial charge in [0.2, 0.25) is 6.10 Å². The van der Waals surface area contributed by atoms with E-state index in [9.17, 15) is 14.4 Å². The number of urea groups is 1. The van der Waals surface area contributed by atoms with Gasteiger partial charge in [-0.1, -0.05) is 12.1 Å². The highest BCUT2D eigenvalue weighted by Crippen LogP contribution is 2.23. The van der Waals surface area contributed by atoms with E-state index in [4.69, 9.17) is 4.74 Å². The molecule has 1 saturated heterocycles. The lowest BCUT2D eigenvalue weighted by Crippen LogP contribution is -2.34. The van der Waals surface area contributed by atoms with Gasteiger partial charge in [0.15, 0.2) is 0 Å². The van der Waals surface area contributed by atoms with Gasteiger partial charge in [0, 0.05) is 17.3 Å². The fraction of sp³-hybridized carbons (Fsp3) is 0.308. The lowest BCUT2D eigenvalue weighted by atomic mass is 10.1. The van der Waals surface area contributed by atoms with Gasteiger partial charge in [-0.15, -0.1) is 0 Å². The lowest BCUT2D eigenvalue weighted by molar-refractivity contribution is -0.123. The minimum absolute atomic E-state index is 0.0378. The van der Waals surface area contributed by atoms with E-state index in [1.807, 2.05) is 13.8 Å². The monoisotopic (exact) mass is 277 g/mol. The van der Waals surface area contributed by atoms with Crippen molar-refractivity contribution in [3.63, 3.8) is 0 Å². The van der Waals surface area contributed by atoms with E-state index in [1.165, 1.54) is 0 Å². The summed E-state index contributed by atoms with van der Waals surface area (Å²) in [6.07, 6.45) is -1.68. The SMILES string of the molecule is CC(C)NC(=O)Nc1ccc(C2OC(=O)NC2=O)cc1. The summed E-state index contributed by atoms with van der Waals surface area (Å²) in [5.74, 6) is -0.492. The molecule has 4 amide bonds. The van der Waals surface area contributed by atoms with Crippen molar-refractivity contribution in [1.29, 1.82) is 0 Å². The van der Waals surface area contributed by atoms with Crippen LogP contribution in [0.4, 0.5) is 15.3 Å². The third-order valence-electron chi connectivity index (χ3n) is 2.58. The molecule has 1 aliphatic heterocycles. The second kappa shape index (κ2) is 5.60. The van der Waals surface area contributed by atoms with Gasteiger partial charge in [0.1, 0.15) is 0 Å². The molecule has 1 fully saturated rings. The van der Waals surface area contributed by atoms with Crippen LogP contribution in [0.3, 0.4) is 0 Å². The van der Waals surface area contributed by atoms with E-state index in [-0.39, 0.29) is 12.1 Å². The van der Waals surface area contributed by atoms with Crippen LogP contribution in [0, 0.1) is 0 Å². The Morgan fingerprint density at radius 1 is 1.25 bits per heavy atom. The van der Waals surface area contributed by atoms with E-state index in [0.29, 0.717) is 11.3 Å². The van der Waals surface area contributed by atoms with Crippen molar-refractivity contribution in [2.75, 3.05) is 5.32 Å². The number of rotatable bonds is 3. The number of carbonyl (C=O) groups is 3. The Kier molecular flexibility index (Phi) is 3.88. The van der Waals surface area contributed by atoms with Gasteiger partial charge >= 0.3 is 12.1 Å².